The molecular weight excluding hydrogens is 539 g/mol. The molecule has 168 valence electrons. The van der Waals surface area contributed by atoms with Crippen molar-refractivity contribution in [2.45, 2.75) is 18.4 Å². The maximum absolute atomic E-state index is 12.1. The average molecular weight is 565 g/mol. The first-order chi connectivity index (χ1) is 15.1. The summed E-state index contributed by atoms with van der Waals surface area (Å²) in [5.74, 6) is 0.797. The number of benzene rings is 2. The van der Waals surface area contributed by atoms with Crippen LogP contribution in [0.3, 0.4) is 0 Å². The molecule has 0 aliphatic carbocycles. The molecule has 2 aromatic carbocycles. The highest BCUT2D eigenvalue weighted by Gasteiger charge is 2.25. The van der Waals surface area contributed by atoms with Crippen LogP contribution in [-0.2, 0) is 4.79 Å². The number of aliphatic imine (C=N–C) groups is 1. The first-order valence-electron chi connectivity index (χ1n) is 10.2. The predicted molar refractivity (Wildman–Crippen MR) is 139 cm³/mol. The van der Waals surface area contributed by atoms with E-state index in [1.54, 1.807) is 13.2 Å². The van der Waals surface area contributed by atoms with E-state index in [4.69, 9.17) is 11.6 Å². The van der Waals surface area contributed by atoms with E-state index in [2.05, 4.69) is 32.1 Å². The van der Waals surface area contributed by atoms with Crippen LogP contribution in [0.5, 0.6) is 0 Å². The average Bonchev–Trinajstić information content (AvgIpc) is 3.31. The number of rotatable bonds is 6. The van der Waals surface area contributed by atoms with Crippen LogP contribution in [0.1, 0.15) is 29.5 Å². The molecule has 1 amide bonds. The zero-order valence-electron chi connectivity index (χ0n) is 17.7. The van der Waals surface area contributed by atoms with Gasteiger partial charge in [-0.3, -0.25) is 14.5 Å². The summed E-state index contributed by atoms with van der Waals surface area (Å²) in [6, 6.07) is 17.6. The first-order valence-corrected chi connectivity index (χ1v) is 10.6. The van der Waals surface area contributed by atoms with E-state index in [0.717, 1.165) is 16.8 Å². The molecule has 0 spiro atoms. The Morgan fingerprint density at radius 3 is 2.72 bits per heavy atom. The number of para-hydroxylation sites is 1. The minimum Gasteiger partial charge on any atom is -0.356 e. The summed E-state index contributed by atoms with van der Waals surface area (Å²) in [6.07, 6.45) is 4.15. The molecule has 2 atom stereocenters. The highest BCUT2D eigenvalue weighted by atomic mass is 127. The minimum atomic E-state index is -0.0213. The monoisotopic (exact) mass is 564 g/mol. The fourth-order valence-corrected chi connectivity index (χ4v) is 3.96. The van der Waals surface area contributed by atoms with Gasteiger partial charge in [-0.2, -0.15) is 5.10 Å². The van der Waals surface area contributed by atoms with Crippen LogP contribution < -0.4 is 16.0 Å². The van der Waals surface area contributed by atoms with E-state index >= 15 is 0 Å². The molecule has 0 saturated carbocycles. The van der Waals surface area contributed by atoms with Gasteiger partial charge in [0.2, 0.25) is 5.91 Å². The number of nitrogens with zero attached hydrogens (tertiary/aromatic N) is 3. The second-order valence-electron chi connectivity index (χ2n) is 7.42. The Hall–Kier alpha value is -2.59. The largest absolute Gasteiger partial charge is 0.356 e. The normalized spacial score (nSPS) is 16.4. The van der Waals surface area contributed by atoms with Crippen LogP contribution in [0.25, 0.3) is 0 Å². The quantitative estimate of drug-likeness (QED) is 0.240. The van der Waals surface area contributed by atoms with Gasteiger partial charge in [-0.05, 0) is 35.4 Å². The van der Waals surface area contributed by atoms with Crippen LogP contribution in [0.15, 0.2) is 72.0 Å². The predicted octanol–water partition coefficient (Wildman–Crippen LogP) is 4.03. The van der Waals surface area contributed by atoms with Crippen molar-refractivity contribution in [2.24, 2.45) is 4.99 Å². The van der Waals surface area contributed by atoms with Gasteiger partial charge in [-0.1, -0.05) is 41.9 Å². The Morgan fingerprint density at radius 2 is 2.00 bits per heavy atom. The number of halogens is 2. The molecule has 2 unspecified atom stereocenters. The lowest BCUT2D eigenvalue weighted by molar-refractivity contribution is -0.116. The summed E-state index contributed by atoms with van der Waals surface area (Å²) in [7, 11) is 1.74. The molecule has 2 heterocycles. The zero-order valence-corrected chi connectivity index (χ0v) is 20.7. The molecule has 0 saturated heterocycles. The second kappa shape index (κ2) is 11.3. The first kappa shape index (κ1) is 24.1. The van der Waals surface area contributed by atoms with Gasteiger partial charge >= 0.3 is 0 Å². The van der Waals surface area contributed by atoms with Gasteiger partial charge in [-0.15, -0.1) is 24.0 Å². The second-order valence-corrected chi connectivity index (χ2v) is 7.86. The van der Waals surface area contributed by atoms with Gasteiger partial charge < -0.3 is 16.0 Å². The molecule has 0 fully saturated rings. The summed E-state index contributed by atoms with van der Waals surface area (Å²) in [6.45, 7) is 1.20. The highest BCUT2D eigenvalue weighted by molar-refractivity contribution is 14.0. The van der Waals surface area contributed by atoms with E-state index in [-0.39, 0.29) is 41.8 Å². The molecule has 0 radical (unpaired) electrons. The van der Waals surface area contributed by atoms with Gasteiger partial charge in [0.1, 0.15) is 0 Å². The maximum Gasteiger partial charge on any atom is 0.225 e. The minimum absolute atomic E-state index is 0. The van der Waals surface area contributed by atoms with Crippen molar-refractivity contribution in [2.75, 3.05) is 25.5 Å². The third kappa shape index (κ3) is 5.80. The van der Waals surface area contributed by atoms with Gasteiger partial charge in [0.05, 0.1) is 6.04 Å². The van der Waals surface area contributed by atoms with Crippen LogP contribution in [-0.4, -0.2) is 41.8 Å². The molecule has 9 heteroatoms. The van der Waals surface area contributed by atoms with Crippen molar-refractivity contribution in [3.05, 3.63) is 83.1 Å². The molecule has 4 rings (SSSR count). The Balaban J connectivity index is 0.00000289. The number of aromatic nitrogens is 2. The van der Waals surface area contributed by atoms with Crippen molar-refractivity contribution < 1.29 is 4.79 Å². The van der Waals surface area contributed by atoms with Crippen molar-refractivity contribution in [1.82, 2.24) is 20.4 Å². The van der Waals surface area contributed by atoms with Gasteiger partial charge in [0.15, 0.2) is 5.96 Å². The lowest BCUT2D eigenvalue weighted by Gasteiger charge is -2.27. The Labute approximate surface area is 209 Å². The van der Waals surface area contributed by atoms with Crippen LogP contribution in [0.2, 0.25) is 5.02 Å². The summed E-state index contributed by atoms with van der Waals surface area (Å²) in [4.78, 5) is 16.4. The fraction of sp³-hybridized carbons (Fsp3) is 0.261. The SMILES string of the molecule is CN=C(NCC1CC(=O)Nc2ccccc21)NCC(c1ccc(Cl)cc1)n1cccn1.I. The maximum atomic E-state index is 12.1. The Kier molecular flexibility index (Phi) is 8.52. The Morgan fingerprint density at radius 1 is 1.22 bits per heavy atom. The number of nitrogens with one attached hydrogen (secondary N) is 3. The van der Waals surface area contributed by atoms with Gasteiger partial charge in [0.25, 0.3) is 0 Å². The molecule has 1 aromatic heterocycles. The van der Waals surface area contributed by atoms with Crippen LogP contribution in [0, 0.1) is 0 Å². The number of hydrogen-bond acceptors (Lipinski definition) is 3. The van der Waals surface area contributed by atoms with E-state index in [1.807, 2.05) is 59.4 Å². The molecule has 3 N–H and O–H groups in total. The molecule has 0 bridgehead atoms. The molecule has 1 aliphatic heterocycles. The fourth-order valence-electron chi connectivity index (χ4n) is 3.83. The smallest absolute Gasteiger partial charge is 0.225 e. The van der Waals surface area contributed by atoms with Crippen molar-refractivity contribution in [1.29, 1.82) is 0 Å². The number of hydrogen-bond donors (Lipinski definition) is 3. The number of fused-ring (bicyclic) bond motifs is 1. The van der Waals surface area contributed by atoms with Gasteiger partial charge in [0, 0.05) is 55.6 Å². The summed E-state index contributed by atoms with van der Waals surface area (Å²) in [5, 5.41) is 14.8. The van der Waals surface area contributed by atoms with E-state index < -0.39 is 0 Å². The summed E-state index contributed by atoms with van der Waals surface area (Å²) < 4.78 is 1.91. The van der Waals surface area contributed by atoms with Crippen molar-refractivity contribution >= 4 is 53.1 Å². The highest BCUT2D eigenvalue weighted by Crippen LogP contribution is 2.31. The van der Waals surface area contributed by atoms with Crippen LogP contribution >= 0.6 is 35.6 Å². The third-order valence-corrected chi connectivity index (χ3v) is 5.66. The third-order valence-electron chi connectivity index (χ3n) is 5.41. The van der Waals surface area contributed by atoms with Crippen molar-refractivity contribution in [3.8, 4) is 0 Å². The molecule has 1 aliphatic rings. The number of carbonyl (C=O) groups is 1. The number of guanidine groups is 1. The number of anilines is 1. The standard InChI is InChI=1S/C23H25ClN6O.HI/c1-25-23(26-14-17-13-22(31)29-20-6-3-2-5-19(17)20)27-15-21(30-12-4-11-28-30)16-7-9-18(24)10-8-16;/h2-12,17,21H,13-15H2,1H3,(H,29,31)(H2,25,26,27);1H. The molecule has 7 nitrogen and oxygen atoms in total. The van der Waals surface area contributed by atoms with E-state index in [1.165, 1.54) is 0 Å². The van der Waals surface area contributed by atoms with Crippen LogP contribution in [0.4, 0.5) is 5.69 Å². The number of amides is 1. The number of carbonyl (C=O) groups excluding carboxylic acids is 1. The molecular formula is C23H26ClIN6O. The topological polar surface area (TPSA) is 83.3 Å². The molecule has 32 heavy (non-hydrogen) atoms. The molecule has 3 aromatic rings. The van der Waals surface area contributed by atoms with E-state index in [0.29, 0.717) is 30.5 Å². The summed E-state index contributed by atoms with van der Waals surface area (Å²) >= 11 is 6.06. The van der Waals surface area contributed by atoms with E-state index in [9.17, 15) is 4.79 Å². The Bertz CT molecular complexity index is 1050. The van der Waals surface area contributed by atoms with Crippen molar-refractivity contribution in [3.63, 3.8) is 0 Å². The zero-order chi connectivity index (χ0) is 21.6. The lowest BCUT2D eigenvalue weighted by atomic mass is 9.90. The summed E-state index contributed by atoms with van der Waals surface area (Å²) in [5.41, 5.74) is 3.12. The van der Waals surface area contributed by atoms with Gasteiger partial charge in [-0.25, -0.2) is 0 Å². The lowest BCUT2D eigenvalue weighted by Crippen LogP contribution is -2.43.